The molecule has 138 valence electrons. The molecule has 0 saturated carbocycles. The fourth-order valence-corrected chi connectivity index (χ4v) is 2.66. The Morgan fingerprint density at radius 2 is 1.65 bits per heavy atom. The highest BCUT2D eigenvalue weighted by molar-refractivity contribution is 5.45. The maximum Gasteiger partial charge on any atom is 0.176 e. The minimum absolute atomic E-state index is 0.0404. The fraction of sp³-hybridized carbons (Fsp3) is 0.391. The van der Waals surface area contributed by atoms with Crippen LogP contribution in [0.25, 0.3) is 0 Å². The molecule has 0 aliphatic rings. The zero-order chi connectivity index (χ0) is 19.0. The Balaban J connectivity index is 2.05. The van der Waals surface area contributed by atoms with Crippen molar-refractivity contribution in [3.8, 4) is 18.1 Å². The highest BCUT2D eigenvalue weighted by atomic mass is 16.5. The summed E-state index contributed by atoms with van der Waals surface area (Å²) in [5.41, 5.74) is 0.980. The molecule has 2 aromatic carbocycles. The smallest absolute Gasteiger partial charge is 0.176 e. The van der Waals surface area contributed by atoms with Gasteiger partial charge >= 0.3 is 0 Å². The summed E-state index contributed by atoms with van der Waals surface area (Å²) in [7, 11) is 0. The highest BCUT2D eigenvalue weighted by Crippen LogP contribution is 2.30. The van der Waals surface area contributed by atoms with Gasteiger partial charge in [-0.25, -0.2) is 0 Å². The summed E-state index contributed by atoms with van der Waals surface area (Å²) in [5, 5.41) is 11.0. The van der Waals surface area contributed by atoms with Gasteiger partial charge in [-0.2, -0.15) is 0 Å². The molecule has 26 heavy (non-hydrogen) atoms. The first-order chi connectivity index (χ1) is 12.5. The van der Waals surface area contributed by atoms with Gasteiger partial charge in [0.05, 0.1) is 6.61 Å². The second kappa shape index (κ2) is 9.43. The van der Waals surface area contributed by atoms with Crippen LogP contribution in [-0.2, 0) is 10.3 Å². The van der Waals surface area contributed by atoms with Crippen molar-refractivity contribution >= 4 is 0 Å². The number of hydrogen-bond acceptors (Lipinski definition) is 3. The molecule has 0 bridgehead atoms. The van der Waals surface area contributed by atoms with Crippen molar-refractivity contribution in [2.24, 2.45) is 0 Å². The maximum absolute atomic E-state index is 11.0. The van der Waals surface area contributed by atoms with Gasteiger partial charge in [0.15, 0.2) is 5.60 Å². The topological polar surface area (TPSA) is 38.7 Å². The molecule has 0 aliphatic heterocycles. The fourth-order valence-electron chi connectivity index (χ4n) is 2.66. The molecular weight excluding hydrogens is 324 g/mol. The molecular formula is C23H28O3. The first-order valence-electron chi connectivity index (χ1n) is 9.11. The number of rotatable bonds is 9. The lowest BCUT2D eigenvalue weighted by Gasteiger charge is -2.24. The Labute approximate surface area is 157 Å². The van der Waals surface area contributed by atoms with Crippen molar-refractivity contribution in [3.63, 3.8) is 0 Å². The lowest BCUT2D eigenvalue weighted by molar-refractivity contribution is 0.0571. The highest BCUT2D eigenvalue weighted by Gasteiger charge is 2.29. The number of benzene rings is 2. The van der Waals surface area contributed by atoms with E-state index in [4.69, 9.17) is 15.9 Å². The minimum Gasteiger partial charge on any atom is -0.488 e. The van der Waals surface area contributed by atoms with Crippen molar-refractivity contribution in [2.45, 2.75) is 45.3 Å². The minimum atomic E-state index is -1.46. The molecule has 0 aromatic heterocycles. The number of aliphatic hydroxyl groups is 1. The number of unbranched alkanes of at least 4 members (excludes halogenated alkanes) is 1. The van der Waals surface area contributed by atoms with Crippen molar-refractivity contribution in [3.05, 3.63) is 65.2 Å². The van der Waals surface area contributed by atoms with Gasteiger partial charge in [-0.05, 0) is 32.4 Å². The van der Waals surface area contributed by atoms with E-state index in [1.165, 1.54) is 0 Å². The van der Waals surface area contributed by atoms with E-state index in [-0.39, 0.29) is 6.10 Å². The van der Waals surface area contributed by atoms with Crippen LogP contribution in [0, 0.1) is 19.3 Å². The van der Waals surface area contributed by atoms with E-state index < -0.39 is 5.60 Å². The summed E-state index contributed by atoms with van der Waals surface area (Å²) in [5.74, 6) is 3.25. The van der Waals surface area contributed by atoms with Gasteiger partial charge in [0.2, 0.25) is 0 Å². The van der Waals surface area contributed by atoms with Gasteiger partial charge in [-0.1, -0.05) is 61.2 Å². The number of hydrogen-bond donors (Lipinski definition) is 1. The maximum atomic E-state index is 11.0. The van der Waals surface area contributed by atoms with Crippen molar-refractivity contribution in [2.75, 3.05) is 13.2 Å². The van der Waals surface area contributed by atoms with Crippen LogP contribution in [0.2, 0.25) is 0 Å². The van der Waals surface area contributed by atoms with Crippen LogP contribution in [0.5, 0.6) is 5.75 Å². The van der Waals surface area contributed by atoms with Crippen LogP contribution < -0.4 is 4.74 Å². The Morgan fingerprint density at radius 1 is 1.08 bits per heavy atom. The monoisotopic (exact) mass is 352 g/mol. The van der Waals surface area contributed by atoms with Gasteiger partial charge in [0.25, 0.3) is 0 Å². The quantitative estimate of drug-likeness (QED) is 0.535. The van der Waals surface area contributed by atoms with E-state index >= 15 is 0 Å². The van der Waals surface area contributed by atoms with Crippen LogP contribution in [0.4, 0.5) is 0 Å². The molecule has 0 amide bonds. The zero-order valence-electron chi connectivity index (χ0n) is 15.9. The Bertz CT molecular complexity index is 713. The van der Waals surface area contributed by atoms with E-state index in [0.29, 0.717) is 17.7 Å². The average Bonchev–Trinajstić information content (AvgIpc) is 2.66. The third kappa shape index (κ3) is 5.11. The van der Waals surface area contributed by atoms with E-state index in [9.17, 15) is 5.11 Å². The van der Waals surface area contributed by atoms with E-state index in [1.54, 1.807) is 12.1 Å². The molecule has 3 heteroatoms. The van der Waals surface area contributed by atoms with E-state index in [2.05, 4.69) is 12.8 Å². The molecule has 0 spiro atoms. The molecule has 2 aromatic rings. The second-order valence-corrected chi connectivity index (χ2v) is 6.60. The molecule has 0 aliphatic carbocycles. The number of aryl methyl sites for hydroxylation is 1. The summed E-state index contributed by atoms with van der Waals surface area (Å²) in [4.78, 5) is 0. The van der Waals surface area contributed by atoms with Gasteiger partial charge in [-0.15, -0.1) is 6.42 Å². The average molecular weight is 352 g/mol. The van der Waals surface area contributed by atoms with Crippen LogP contribution >= 0.6 is 0 Å². The van der Waals surface area contributed by atoms with E-state index in [0.717, 1.165) is 30.8 Å². The Morgan fingerprint density at radius 3 is 2.19 bits per heavy atom. The van der Waals surface area contributed by atoms with Crippen LogP contribution in [0.3, 0.4) is 0 Å². The molecule has 0 fully saturated rings. The van der Waals surface area contributed by atoms with Crippen LogP contribution in [0.1, 0.15) is 43.4 Å². The Kier molecular flexibility index (Phi) is 7.26. The molecule has 2 rings (SSSR count). The zero-order valence-corrected chi connectivity index (χ0v) is 15.9. The predicted octanol–water partition coefficient (Wildman–Crippen LogP) is 4.45. The van der Waals surface area contributed by atoms with Crippen molar-refractivity contribution in [1.82, 2.24) is 0 Å². The predicted molar refractivity (Wildman–Crippen MR) is 105 cm³/mol. The number of terminal acetylenes is 1. The summed E-state index contributed by atoms with van der Waals surface area (Å²) in [6.07, 6.45) is 7.80. The van der Waals surface area contributed by atoms with Gasteiger partial charge in [0, 0.05) is 17.7 Å². The normalized spacial score (nSPS) is 14.3. The van der Waals surface area contributed by atoms with Crippen molar-refractivity contribution < 1.29 is 14.6 Å². The summed E-state index contributed by atoms with van der Waals surface area (Å²) in [6.45, 7) is 7.43. The first-order valence-corrected chi connectivity index (χ1v) is 9.11. The lowest BCUT2D eigenvalue weighted by Crippen LogP contribution is -2.25. The van der Waals surface area contributed by atoms with Gasteiger partial charge < -0.3 is 14.6 Å². The molecule has 1 N–H and O–H groups in total. The SMILES string of the molecule is C#CC(O)(c1ccc(C)cc1)c1ccc(OC(C)COCCCC)cc1. The third-order valence-corrected chi connectivity index (χ3v) is 4.28. The standard InChI is InChI=1S/C23H28O3/c1-5-7-16-25-17-19(4)26-22-14-12-21(13-15-22)23(24,6-2)20-10-8-18(3)9-11-20/h2,8-15,19,24H,5,7,16-17H2,1,3-4H3. The van der Waals surface area contributed by atoms with Gasteiger partial charge in [-0.3, -0.25) is 0 Å². The molecule has 0 saturated heterocycles. The molecule has 2 atom stereocenters. The largest absolute Gasteiger partial charge is 0.488 e. The molecule has 3 nitrogen and oxygen atoms in total. The third-order valence-electron chi connectivity index (χ3n) is 4.28. The molecule has 2 unspecified atom stereocenters. The lowest BCUT2D eigenvalue weighted by atomic mass is 9.87. The molecule has 0 radical (unpaired) electrons. The summed E-state index contributed by atoms with van der Waals surface area (Å²) >= 11 is 0. The first kappa shape index (κ1) is 20.0. The summed E-state index contributed by atoms with van der Waals surface area (Å²) in [6, 6.07) is 14.9. The molecule has 0 heterocycles. The Hall–Kier alpha value is -2.28. The second-order valence-electron chi connectivity index (χ2n) is 6.60. The number of ether oxygens (including phenoxy) is 2. The summed E-state index contributed by atoms with van der Waals surface area (Å²) < 4.78 is 11.4. The van der Waals surface area contributed by atoms with Crippen molar-refractivity contribution in [1.29, 1.82) is 0 Å². The van der Waals surface area contributed by atoms with Gasteiger partial charge in [0.1, 0.15) is 11.9 Å². The van der Waals surface area contributed by atoms with Crippen LogP contribution in [-0.4, -0.2) is 24.4 Å². The van der Waals surface area contributed by atoms with E-state index in [1.807, 2.05) is 50.2 Å². The van der Waals surface area contributed by atoms with Crippen LogP contribution in [0.15, 0.2) is 48.5 Å².